The zero-order chi connectivity index (χ0) is 11.4. The summed E-state index contributed by atoms with van der Waals surface area (Å²) in [6.45, 7) is -0.864. The first kappa shape index (κ1) is 13.4. The normalized spacial score (nSPS) is 22.1. The topological polar surface area (TPSA) is 156 Å². The average molecular weight is 210 g/mol. The van der Waals surface area contributed by atoms with Crippen molar-refractivity contribution in [1.82, 2.24) is 5.43 Å². The number of hydrogen-bond donors (Lipinski definition) is 7. The van der Waals surface area contributed by atoms with E-state index in [-0.39, 0.29) is 6.29 Å². The molecule has 0 aromatic heterocycles. The maximum absolute atomic E-state index is 10.2. The second kappa shape index (κ2) is 5.32. The zero-order valence-corrected chi connectivity index (χ0v) is 7.24. The monoisotopic (exact) mass is 210 g/mol. The molecule has 0 aliphatic carbocycles. The van der Waals surface area contributed by atoms with Crippen LogP contribution in [0.2, 0.25) is 0 Å². The van der Waals surface area contributed by atoms with E-state index in [4.69, 9.17) is 21.2 Å². The highest BCUT2D eigenvalue weighted by molar-refractivity contribution is 5.58. The molecule has 0 bridgehead atoms. The molecule has 0 heterocycles. The van der Waals surface area contributed by atoms with Gasteiger partial charge in [-0.25, -0.2) is 5.43 Å². The molecule has 0 saturated heterocycles. The Bertz CT molecular complexity index is 191. The lowest BCUT2D eigenvalue weighted by molar-refractivity contribution is -0.195. The van der Waals surface area contributed by atoms with Gasteiger partial charge >= 0.3 is 0 Å². The summed E-state index contributed by atoms with van der Waals surface area (Å²) < 4.78 is 0. The second-order valence-electron chi connectivity index (χ2n) is 2.75. The summed E-state index contributed by atoms with van der Waals surface area (Å²) in [6.07, 6.45) is -5.88. The van der Waals surface area contributed by atoms with Crippen LogP contribution in [0.4, 0.5) is 0 Å². The Morgan fingerprint density at radius 3 is 2.21 bits per heavy atom. The van der Waals surface area contributed by atoms with Crippen LogP contribution in [0.1, 0.15) is 0 Å². The summed E-state index contributed by atoms with van der Waals surface area (Å²) in [7, 11) is 0. The summed E-state index contributed by atoms with van der Waals surface area (Å²) in [6, 6.07) is 0. The second-order valence-corrected chi connectivity index (χ2v) is 2.75. The molecule has 0 fully saturated rings. The van der Waals surface area contributed by atoms with Crippen LogP contribution >= 0.6 is 0 Å². The molecule has 8 N–H and O–H groups in total. The first-order valence-electron chi connectivity index (χ1n) is 3.74. The lowest BCUT2D eigenvalue weighted by atomic mass is 9.97. The van der Waals surface area contributed by atoms with Crippen molar-refractivity contribution in [3.63, 3.8) is 0 Å². The van der Waals surface area contributed by atoms with Crippen LogP contribution < -0.4 is 11.3 Å². The van der Waals surface area contributed by atoms with E-state index in [0.717, 1.165) is 0 Å². The fourth-order valence-corrected chi connectivity index (χ4v) is 0.843. The minimum absolute atomic E-state index is 0.0762. The minimum atomic E-state index is -2.61. The smallest absolute Gasteiger partial charge is 0.190 e. The largest absolute Gasteiger partial charge is 0.394 e. The fraction of sp³-hybridized carbons (Fsp3) is 0.833. The molecule has 84 valence electrons. The van der Waals surface area contributed by atoms with Gasteiger partial charge in [0.25, 0.3) is 0 Å². The number of aliphatic hydroxyl groups excluding tert-OH is 4. The molecule has 4 atom stereocenters. The van der Waals surface area contributed by atoms with Gasteiger partial charge in [0, 0.05) is 0 Å². The Labute approximate surface area is 79.6 Å². The van der Waals surface area contributed by atoms with Crippen molar-refractivity contribution in [2.24, 2.45) is 5.84 Å². The number of aldehydes is 1. The zero-order valence-electron chi connectivity index (χ0n) is 7.24. The summed E-state index contributed by atoms with van der Waals surface area (Å²) >= 11 is 0. The molecule has 0 aliphatic rings. The Hall–Kier alpha value is -0.610. The Morgan fingerprint density at radius 1 is 1.43 bits per heavy atom. The van der Waals surface area contributed by atoms with Gasteiger partial charge in [-0.05, 0) is 0 Å². The standard InChI is InChI=1S/C6H14N2O6/c7-8-6(14,4(12)2-10)5(13)3(11)1-9/h2-5,8-9,11-14H,1,7H2/t3-,4+,5-,6+/m1/s1. The van der Waals surface area contributed by atoms with E-state index >= 15 is 0 Å². The van der Waals surface area contributed by atoms with Crippen molar-refractivity contribution < 1.29 is 30.3 Å². The third-order valence-electron chi connectivity index (χ3n) is 1.81. The molecular formula is C6H14N2O6. The van der Waals surface area contributed by atoms with Crippen LogP contribution in [0.5, 0.6) is 0 Å². The van der Waals surface area contributed by atoms with Crippen LogP contribution in [0.15, 0.2) is 0 Å². The first-order valence-corrected chi connectivity index (χ1v) is 3.74. The van der Waals surface area contributed by atoms with Gasteiger partial charge in [0.2, 0.25) is 0 Å². The average Bonchev–Trinajstić information content (AvgIpc) is 2.24. The van der Waals surface area contributed by atoms with Gasteiger partial charge in [0.15, 0.2) is 18.1 Å². The molecule has 0 aromatic rings. The lowest BCUT2D eigenvalue weighted by Gasteiger charge is -2.35. The summed E-state index contributed by atoms with van der Waals surface area (Å²) in [5.41, 5.74) is -1.01. The summed E-state index contributed by atoms with van der Waals surface area (Å²) in [5, 5.41) is 45.0. The SMILES string of the molecule is NN[C@@](O)([C@H](O)[C@H](O)CO)[C@@H](O)C=O. The minimum Gasteiger partial charge on any atom is -0.394 e. The van der Waals surface area contributed by atoms with Crippen molar-refractivity contribution in [3.8, 4) is 0 Å². The van der Waals surface area contributed by atoms with E-state index in [1.807, 2.05) is 0 Å². The Kier molecular flexibility index (Phi) is 5.08. The number of carbonyl (C=O) groups excluding carboxylic acids is 1. The van der Waals surface area contributed by atoms with Crippen molar-refractivity contribution in [2.45, 2.75) is 24.0 Å². The van der Waals surface area contributed by atoms with Gasteiger partial charge in [0.1, 0.15) is 12.2 Å². The summed E-state index contributed by atoms with van der Waals surface area (Å²) in [4.78, 5) is 10.2. The van der Waals surface area contributed by atoms with Crippen LogP contribution in [0.25, 0.3) is 0 Å². The van der Waals surface area contributed by atoms with Crippen LogP contribution in [0.3, 0.4) is 0 Å². The molecule has 0 spiro atoms. The highest BCUT2D eigenvalue weighted by atomic mass is 16.4. The third kappa shape index (κ3) is 2.45. The Balaban J connectivity index is 4.74. The molecule has 0 aliphatic heterocycles. The number of nitrogens with two attached hydrogens (primary N) is 1. The quantitative estimate of drug-likeness (QED) is 0.0999. The molecule has 14 heavy (non-hydrogen) atoms. The van der Waals surface area contributed by atoms with Gasteiger partial charge in [0.05, 0.1) is 6.61 Å². The predicted octanol–water partition coefficient (Wildman–Crippen LogP) is -4.59. The molecule has 0 radical (unpaired) electrons. The molecule has 0 aromatic carbocycles. The van der Waals surface area contributed by atoms with Gasteiger partial charge in [-0.1, -0.05) is 0 Å². The van der Waals surface area contributed by atoms with E-state index in [9.17, 15) is 15.0 Å². The van der Waals surface area contributed by atoms with Crippen molar-refractivity contribution >= 4 is 6.29 Å². The third-order valence-corrected chi connectivity index (χ3v) is 1.81. The van der Waals surface area contributed by atoms with Crippen LogP contribution in [-0.4, -0.2) is 62.5 Å². The lowest BCUT2D eigenvalue weighted by Crippen LogP contribution is -2.68. The van der Waals surface area contributed by atoms with Crippen LogP contribution in [-0.2, 0) is 4.79 Å². The maximum atomic E-state index is 10.2. The van der Waals surface area contributed by atoms with E-state index in [1.165, 1.54) is 0 Å². The molecule has 8 heteroatoms. The molecule has 0 amide bonds. The summed E-state index contributed by atoms with van der Waals surface area (Å²) in [5.74, 6) is 4.81. The van der Waals surface area contributed by atoms with E-state index in [2.05, 4.69) is 0 Å². The van der Waals surface area contributed by atoms with Gasteiger partial charge < -0.3 is 30.3 Å². The van der Waals surface area contributed by atoms with Crippen LogP contribution in [0, 0.1) is 0 Å². The molecule has 0 unspecified atom stereocenters. The maximum Gasteiger partial charge on any atom is 0.190 e. The van der Waals surface area contributed by atoms with E-state index in [1.54, 1.807) is 5.43 Å². The first-order chi connectivity index (χ1) is 6.43. The molecule has 0 rings (SSSR count). The molecule has 8 nitrogen and oxygen atoms in total. The predicted molar refractivity (Wildman–Crippen MR) is 43.4 cm³/mol. The van der Waals surface area contributed by atoms with Gasteiger partial charge in [-0.3, -0.25) is 5.84 Å². The number of aliphatic hydroxyl groups is 5. The number of hydrogen-bond acceptors (Lipinski definition) is 8. The fourth-order valence-electron chi connectivity index (χ4n) is 0.843. The van der Waals surface area contributed by atoms with Crippen molar-refractivity contribution in [3.05, 3.63) is 0 Å². The van der Waals surface area contributed by atoms with E-state index < -0.39 is 30.6 Å². The Morgan fingerprint density at radius 2 is 1.93 bits per heavy atom. The van der Waals surface area contributed by atoms with Crippen molar-refractivity contribution in [2.75, 3.05) is 6.61 Å². The number of rotatable bonds is 6. The molecule has 0 saturated carbocycles. The number of nitrogens with one attached hydrogen (secondary N) is 1. The van der Waals surface area contributed by atoms with E-state index in [0.29, 0.717) is 0 Å². The number of hydrazine groups is 1. The van der Waals surface area contributed by atoms with Crippen molar-refractivity contribution in [1.29, 1.82) is 0 Å². The van der Waals surface area contributed by atoms with Gasteiger partial charge in [-0.2, -0.15) is 0 Å². The number of carbonyl (C=O) groups is 1. The highest BCUT2D eigenvalue weighted by Gasteiger charge is 2.45. The highest BCUT2D eigenvalue weighted by Crippen LogP contribution is 2.13. The molecular weight excluding hydrogens is 196 g/mol. The van der Waals surface area contributed by atoms with Gasteiger partial charge in [-0.15, -0.1) is 0 Å².